The summed E-state index contributed by atoms with van der Waals surface area (Å²) in [4.78, 5) is 11.2. The zero-order valence-corrected chi connectivity index (χ0v) is 12.6. The highest BCUT2D eigenvalue weighted by molar-refractivity contribution is 5.77. The fraction of sp³-hybridized carbons (Fsp3) is 0.222. The van der Waals surface area contributed by atoms with E-state index in [9.17, 15) is 9.18 Å². The van der Waals surface area contributed by atoms with Gasteiger partial charge >= 0.3 is 0 Å². The normalized spacial score (nSPS) is 9.91. The number of hydrogen-bond donors (Lipinski definition) is 1. The van der Waals surface area contributed by atoms with E-state index in [2.05, 4.69) is 5.32 Å². The molecule has 4 nitrogen and oxygen atoms in total. The van der Waals surface area contributed by atoms with Crippen LogP contribution in [0.25, 0.3) is 0 Å². The molecule has 0 unspecified atom stereocenters. The van der Waals surface area contributed by atoms with Crippen molar-refractivity contribution in [2.75, 3.05) is 6.54 Å². The zero-order chi connectivity index (χ0) is 16.5. The van der Waals surface area contributed by atoms with Gasteiger partial charge in [-0.15, -0.1) is 0 Å². The fourth-order valence-electron chi connectivity index (χ4n) is 2.05. The maximum absolute atomic E-state index is 13.5. The van der Waals surface area contributed by atoms with Crippen molar-refractivity contribution >= 4 is 5.91 Å². The summed E-state index contributed by atoms with van der Waals surface area (Å²) in [6.45, 7) is 0.617. The second kappa shape index (κ2) is 8.54. The molecule has 0 aromatic heterocycles. The Morgan fingerprint density at radius 2 is 2.04 bits per heavy atom. The highest BCUT2D eigenvalue weighted by Gasteiger charge is 2.03. The van der Waals surface area contributed by atoms with Gasteiger partial charge in [-0.3, -0.25) is 4.79 Å². The van der Waals surface area contributed by atoms with Crippen molar-refractivity contribution in [1.82, 2.24) is 5.32 Å². The van der Waals surface area contributed by atoms with Crippen LogP contribution in [0.15, 0.2) is 48.5 Å². The van der Waals surface area contributed by atoms with Gasteiger partial charge in [0.25, 0.3) is 0 Å². The zero-order valence-electron chi connectivity index (χ0n) is 12.6. The molecule has 23 heavy (non-hydrogen) atoms. The average Bonchev–Trinajstić information content (AvgIpc) is 2.55. The fourth-order valence-corrected chi connectivity index (χ4v) is 2.05. The first-order valence-electron chi connectivity index (χ1n) is 7.28. The van der Waals surface area contributed by atoms with E-state index in [1.54, 1.807) is 30.3 Å². The van der Waals surface area contributed by atoms with Gasteiger partial charge < -0.3 is 10.1 Å². The lowest BCUT2D eigenvalue weighted by atomic mass is 10.1. The Morgan fingerprint density at radius 1 is 1.22 bits per heavy atom. The molecule has 5 heteroatoms. The maximum Gasteiger partial charge on any atom is 0.234 e. The largest absolute Gasteiger partial charge is 0.489 e. The molecule has 2 aromatic carbocycles. The van der Waals surface area contributed by atoms with E-state index in [0.717, 1.165) is 5.56 Å². The van der Waals surface area contributed by atoms with Crippen LogP contribution in [0.3, 0.4) is 0 Å². The third-order valence-corrected chi connectivity index (χ3v) is 3.23. The molecule has 0 saturated carbocycles. The van der Waals surface area contributed by atoms with Crippen molar-refractivity contribution < 1.29 is 13.9 Å². The molecule has 118 valence electrons. The summed E-state index contributed by atoms with van der Waals surface area (Å²) >= 11 is 0. The molecule has 0 aliphatic carbocycles. The number of benzene rings is 2. The number of nitrogens with zero attached hydrogens (tertiary/aromatic N) is 1. The van der Waals surface area contributed by atoms with Crippen LogP contribution in [0, 0.1) is 17.1 Å². The van der Waals surface area contributed by atoms with Gasteiger partial charge in [0.15, 0.2) is 0 Å². The molecule has 0 aliphatic rings. The predicted molar refractivity (Wildman–Crippen MR) is 84.1 cm³/mol. The molecule has 0 aliphatic heterocycles. The molecular formula is C18H17FN2O2. The number of ether oxygens (including phenoxy) is 1. The van der Waals surface area contributed by atoms with Crippen molar-refractivity contribution in [2.45, 2.75) is 19.4 Å². The van der Waals surface area contributed by atoms with Crippen LogP contribution in [-0.2, 0) is 17.8 Å². The van der Waals surface area contributed by atoms with Crippen LogP contribution in [-0.4, -0.2) is 12.5 Å². The number of amides is 1. The number of rotatable bonds is 7. The van der Waals surface area contributed by atoms with Crippen LogP contribution >= 0.6 is 0 Å². The minimum atomic E-state index is -0.288. The van der Waals surface area contributed by atoms with E-state index in [1.807, 2.05) is 18.2 Å². The van der Waals surface area contributed by atoms with Gasteiger partial charge in [0.1, 0.15) is 24.6 Å². The van der Waals surface area contributed by atoms with Gasteiger partial charge in [0.05, 0.1) is 6.07 Å². The van der Waals surface area contributed by atoms with E-state index in [0.29, 0.717) is 24.3 Å². The van der Waals surface area contributed by atoms with Crippen LogP contribution in [0.5, 0.6) is 5.75 Å². The molecule has 1 amide bonds. The van der Waals surface area contributed by atoms with Crippen LogP contribution in [0.2, 0.25) is 0 Å². The Bertz CT molecular complexity index is 710. The number of halogens is 1. The molecule has 0 radical (unpaired) electrons. The molecule has 0 bridgehead atoms. The average molecular weight is 312 g/mol. The van der Waals surface area contributed by atoms with Gasteiger partial charge in [0.2, 0.25) is 5.91 Å². The van der Waals surface area contributed by atoms with Crippen LogP contribution < -0.4 is 10.1 Å². The Labute approximate surface area is 134 Å². The standard InChI is InChI=1S/C18H17FN2O2/c19-17-7-2-1-5-15(17)13-23-16-6-3-4-14(12-16)9-11-21-18(22)8-10-20/h1-7,12H,8-9,11,13H2,(H,21,22). The Morgan fingerprint density at radius 3 is 2.83 bits per heavy atom. The van der Waals surface area contributed by atoms with Gasteiger partial charge in [-0.1, -0.05) is 30.3 Å². The SMILES string of the molecule is N#CCC(=O)NCCc1cccc(OCc2ccccc2F)c1. The number of carbonyl (C=O) groups excluding carboxylic acids is 1. The quantitative estimate of drug-likeness (QED) is 0.855. The van der Waals surface area contributed by atoms with Crippen LogP contribution in [0.4, 0.5) is 4.39 Å². The summed E-state index contributed by atoms with van der Waals surface area (Å²) in [5, 5.41) is 11.1. The lowest BCUT2D eigenvalue weighted by Gasteiger charge is -2.09. The second-order valence-corrected chi connectivity index (χ2v) is 4.96. The first-order chi connectivity index (χ1) is 11.2. The summed E-state index contributed by atoms with van der Waals surface area (Å²) in [6.07, 6.45) is 0.500. The van der Waals surface area contributed by atoms with Gasteiger partial charge in [-0.2, -0.15) is 5.26 Å². The highest BCUT2D eigenvalue weighted by Crippen LogP contribution is 2.16. The first kappa shape index (κ1) is 16.5. The number of nitrogens with one attached hydrogen (secondary N) is 1. The Hall–Kier alpha value is -2.87. The summed E-state index contributed by atoms with van der Waals surface area (Å²) in [7, 11) is 0. The topological polar surface area (TPSA) is 62.1 Å². The molecule has 0 saturated heterocycles. The number of hydrogen-bond acceptors (Lipinski definition) is 3. The van der Waals surface area contributed by atoms with Crippen LogP contribution in [0.1, 0.15) is 17.5 Å². The van der Waals surface area contributed by atoms with Gasteiger partial charge in [-0.25, -0.2) is 4.39 Å². The Balaban J connectivity index is 1.86. The van der Waals surface area contributed by atoms with Gasteiger partial charge in [-0.05, 0) is 30.2 Å². The summed E-state index contributed by atoms with van der Waals surface area (Å²) in [6, 6.07) is 15.7. The minimum Gasteiger partial charge on any atom is -0.489 e. The number of nitriles is 1. The van der Waals surface area contributed by atoms with E-state index in [1.165, 1.54) is 6.07 Å². The third-order valence-electron chi connectivity index (χ3n) is 3.23. The third kappa shape index (κ3) is 5.44. The number of carbonyl (C=O) groups is 1. The lowest BCUT2D eigenvalue weighted by molar-refractivity contribution is -0.120. The van der Waals surface area contributed by atoms with Crippen molar-refractivity contribution in [3.8, 4) is 11.8 Å². The highest BCUT2D eigenvalue weighted by atomic mass is 19.1. The molecule has 0 heterocycles. The monoisotopic (exact) mass is 312 g/mol. The first-order valence-corrected chi connectivity index (χ1v) is 7.28. The molecule has 0 fully saturated rings. The van der Waals surface area contributed by atoms with E-state index in [-0.39, 0.29) is 24.8 Å². The summed E-state index contributed by atoms with van der Waals surface area (Å²) in [5.41, 5.74) is 1.50. The van der Waals surface area contributed by atoms with Crippen molar-refractivity contribution in [3.05, 3.63) is 65.5 Å². The van der Waals surface area contributed by atoms with Crippen molar-refractivity contribution in [2.24, 2.45) is 0 Å². The minimum absolute atomic E-state index is 0.133. The molecule has 2 rings (SSSR count). The Kier molecular flexibility index (Phi) is 6.13. The van der Waals surface area contributed by atoms with E-state index in [4.69, 9.17) is 10.00 Å². The van der Waals surface area contributed by atoms with Gasteiger partial charge in [0, 0.05) is 12.1 Å². The molecule has 2 aromatic rings. The smallest absolute Gasteiger partial charge is 0.234 e. The van der Waals surface area contributed by atoms with E-state index >= 15 is 0 Å². The lowest BCUT2D eigenvalue weighted by Crippen LogP contribution is -2.24. The predicted octanol–water partition coefficient (Wildman–Crippen LogP) is 2.98. The van der Waals surface area contributed by atoms with E-state index < -0.39 is 0 Å². The summed E-state index contributed by atoms with van der Waals surface area (Å²) < 4.78 is 19.1. The molecule has 1 N–H and O–H groups in total. The van der Waals surface area contributed by atoms with Crippen molar-refractivity contribution in [1.29, 1.82) is 5.26 Å². The molecular weight excluding hydrogens is 295 g/mol. The maximum atomic E-state index is 13.5. The molecule has 0 atom stereocenters. The second-order valence-electron chi connectivity index (χ2n) is 4.96. The molecule has 0 spiro atoms. The van der Waals surface area contributed by atoms with Crippen molar-refractivity contribution in [3.63, 3.8) is 0 Å². The summed E-state index contributed by atoms with van der Waals surface area (Å²) in [5.74, 6) is 0.0809.